The van der Waals surface area contributed by atoms with Gasteiger partial charge in [-0.2, -0.15) is 0 Å². The molecule has 2 N–H and O–H groups in total. The maximum absolute atomic E-state index is 10.8. The Labute approximate surface area is 72.2 Å². The zero-order valence-electron chi connectivity index (χ0n) is 7.46. The van der Waals surface area contributed by atoms with E-state index in [1.807, 2.05) is 7.05 Å². The number of carbonyl (C=O) groups is 1. The number of allylic oxidation sites excluding steroid dienone is 1. The van der Waals surface area contributed by atoms with Crippen molar-refractivity contribution in [3.8, 4) is 0 Å². The molecule has 0 saturated carbocycles. The van der Waals surface area contributed by atoms with Gasteiger partial charge in [0, 0.05) is 0 Å². The van der Waals surface area contributed by atoms with Crippen molar-refractivity contribution in [2.45, 2.75) is 13.3 Å². The second-order valence-electron chi connectivity index (χ2n) is 2.27. The van der Waals surface area contributed by atoms with E-state index in [-0.39, 0.29) is 5.76 Å². The first-order valence-electron chi connectivity index (χ1n) is 3.89. The zero-order chi connectivity index (χ0) is 9.40. The molecule has 0 aliphatic carbocycles. The second kappa shape index (κ2) is 6.67. The first kappa shape index (κ1) is 11.0. The monoisotopic (exact) mass is 173 g/mol. The number of hydrogen-bond acceptors (Lipinski definition) is 4. The van der Waals surface area contributed by atoms with E-state index in [1.54, 1.807) is 6.92 Å². The zero-order valence-corrected chi connectivity index (χ0v) is 7.46. The van der Waals surface area contributed by atoms with Gasteiger partial charge in [-0.05, 0) is 33.0 Å². The third kappa shape index (κ3) is 4.73. The van der Waals surface area contributed by atoms with Crippen LogP contribution in [0, 0.1) is 0 Å². The Hall–Kier alpha value is -1.03. The number of aliphatic hydroxyl groups excluding tert-OH is 1. The highest BCUT2D eigenvalue weighted by Crippen LogP contribution is 1.92. The SMILES string of the molecule is CC=C(O)C(=O)OCCCNC. The van der Waals surface area contributed by atoms with E-state index in [2.05, 4.69) is 5.32 Å². The molecule has 0 aromatic rings. The maximum Gasteiger partial charge on any atom is 0.373 e. The summed E-state index contributed by atoms with van der Waals surface area (Å²) in [6.07, 6.45) is 2.06. The number of aliphatic hydroxyl groups is 1. The minimum absolute atomic E-state index is 0.331. The molecule has 0 heterocycles. The molecule has 0 aromatic heterocycles. The third-order valence-corrected chi connectivity index (χ3v) is 1.29. The van der Waals surface area contributed by atoms with Gasteiger partial charge in [0.05, 0.1) is 6.61 Å². The number of carbonyl (C=O) groups excluding carboxylic acids is 1. The average Bonchev–Trinajstić information content (AvgIpc) is 2.10. The summed E-state index contributed by atoms with van der Waals surface area (Å²) >= 11 is 0. The quantitative estimate of drug-likeness (QED) is 0.277. The molecule has 0 aliphatic rings. The number of hydrogen-bond donors (Lipinski definition) is 2. The molecule has 0 unspecified atom stereocenters. The molecule has 12 heavy (non-hydrogen) atoms. The first-order chi connectivity index (χ1) is 5.72. The molecule has 4 nitrogen and oxygen atoms in total. The molecule has 0 aromatic carbocycles. The van der Waals surface area contributed by atoms with Crippen LogP contribution in [0.4, 0.5) is 0 Å². The van der Waals surface area contributed by atoms with Crippen molar-refractivity contribution in [3.63, 3.8) is 0 Å². The van der Waals surface area contributed by atoms with Gasteiger partial charge in [0.1, 0.15) is 0 Å². The van der Waals surface area contributed by atoms with Crippen molar-refractivity contribution < 1.29 is 14.6 Å². The van der Waals surface area contributed by atoms with E-state index in [1.165, 1.54) is 6.08 Å². The third-order valence-electron chi connectivity index (χ3n) is 1.29. The van der Waals surface area contributed by atoms with Gasteiger partial charge in [-0.25, -0.2) is 4.79 Å². The molecule has 0 bridgehead atoms. The number of esters is 1. The van der Waals surface area contributed by atoms with Crippen LogP contribution < -0.4 is 5.32 Å². The average molecular weight is 173 g/mol. The highest BCUT2D eigenvalue weighted by atomic mass is 16.5. The van der Waals surface area contributed by atoms with E-state index in [4.69, 9.17) is 9.84 Å². The van der Waals surface area contributed by atoms with Crippen LogP contribution in [0.25, 0.3) is 0 Å². The molecule has 4 heteroatoms. The Bertz CT molecular complexity index is 166. The standard InChI is InChI=1S/C8H15NO3/c1-3-7(10)8(11)12-6-4-5-9-2/h3,9-10H,4-6H2,1-2H3. The largest absolute Gasteiger partial charge is 0.502 e. The van der Waals surface area contributed by atoms with E-state index in [9.17, 15) is 4.79 Å². The van der Waals surface area contributed by atoms with E-state index >= 15 is 0 Å². The van der Waals surface area contributed by atoms with Crippen LogP contribution in [-0.4, -0.2) is 31.3 Å². The van der Waals surface area contributed by atoms with Gasteiger partial charge in [0.25, 0.3) is 0 Å². The summed E-state index contributed by atoms with van der Waals surface area (Å²) in [5.74, 6) is -0.993. The summed E-state index contributed by atoms with van der Waals surface area (Å²) in [6, 6.07) is 0. The molecule has 0 fully saturated rings. The van der Waals surface area contributed by atoms with Gasteiger partial charge in [0.15, 0.2) is 5.76 Å². The topological polar surface area (TPSA) is 58.6 Å². The molecule has 0 aliphatic heterocycles. The fourth-order valence-corrected chi connectivity index (χ4v) is 0.606. The van der Waals surface area contributed by atoms with E-state index < -0.39 is 5.97 Å². The number of nitrogens with one attached hydrogen (secondary N) is 1. The van der Waals surface area contributed by atoms with E-state index in [0.29, 0.717) is 6.61 Å². The van der Waals surface area contributed by atoms with Crippen molar-refractivity contribution in [3.05, 3.63) is 11.8 Å². The van der Waals surface area contributed by atoms with Crippen LogP contribution in [0.5, 0.6) is 0 Å². The van der Waals surface area contributed by atoms with Crippen LogP contribution in [0.3, 0.4) is 0 Å². The molecule has 70 valence electrons. The van der Waals surface area contributed by atoms with Gasteiger partial charge in [0.2, 0.25) is 0 Å². The first-order valence-corrected chi connectivity index (χ1v) is 3.89. The van der Waals surface area contributed by atoms with Gasteiger partial charge in [-0.1, -0.05) is 0 Å². The van der Waals surface area contributed by atoms with Crippen molar-refractivity contribution in [2.75, 3.05) is 20.2 Å². The van der Waals surface area contributed by atoms with Crippen LogP contribution in [0.15, 0.2) is 11.8 Å². The summed E-state index contributed by atoms with van der Waals surface area (Å²) in [4.78, 5) is 10.8. The molecule has 0 rings (SSSR count). The predicted octanol–water partition coefficient (Wildman–Crippen LogP) is 0.601. The Balaban J connectivity index is 3.45. The summed E-state index contributed by atoms with van der Waals surface area (Å²) in [5, 5.41) is 11.8. The minimum atomic E-state index is -0.659. The Kier molecular flexibility index (Phi) is 6.09. The molecular formula is C8H15NO3. The minimum Gasteiger partial charge on any atom is -0.502 e. The second-order valence-corrected chi connectivity index (χ2v) is 2.27. The normalized spacial score (nSPS) is 11.3. The Morgan fingerprint density at radius 3 is 2.83 bits per heavy atom. The Morgan fingerprint density at radius 1 is 1.67 bits per heavy atom. The lowest BCUT2D eigenvalue weighted by atomic mass is 10.4. The molecule has 0 spiro atoms. The van der Waals surface area contributed by atoms with Gasteiger partial charge in [-0.15, -0.1) is 0 Å². The summed E-state index contributed by atoms with van der Waals surface area (Å²) < 4.78 is 4.70. The number of ether oxygens (including phenoxy) is 1. The highest BCUT2D eigenvalue weighted by Gasteiger charge is 2.05. The molecule has 0 atom stereocenters. The highest BCUT2D eigenvalue weighted by molar-refractivity contribution is 5.85. The fraction of sp³-hybridized carbons (Fsp3) is 0.625. The molecule has 0 radical (unpaired) electrons. The predicted molar refractivity (Wildman–Crippen MR) is 45.9 cm³/mol. The van der Waals surface area contributed by atoms with Gasteiger partial charge >= 0.3 is 5.97 Å². The van der Waals surface area contributed by atoms with Crippen molar-refractivity contribution in [1.82, 2.24) is 5.32 Å². The summed E-state index contributed by atoms with van der Waals surface area (Å²) in [6.45, 7) is 2.70. The lowest BCUT2D eigenvalue weighted by Gasteiger charge is -2.02. The lowest BCUT2D eigenvalue weighted by molar-refractivity contribution is -0.142. The molecule has 0 saturated heterocycles. The lowest BCUT2D eigenvalue weighted by Crippen LogP contribution is -2.14. The van der Waals surface area contributed by atoms with Crippen LogP contribution in [0.1, 0.15) is 13.3 Å². The smallest absolute Gasteiger partial charge is 0.373 e. The Morgan fingerprint density at radius 2 is 2.33 bits per heavy atom. The number of rotatable bonds is 5. The van der Waals surface area contributed by atoms with Crippen molar-refractivity contribution in [2.24, 2.45) is 0 Å². The van der Waals surface area contributed by atoms with Crippen LogP contribution in [0.2, 0.25) is 0 Å². The van der Waals surface area contributed by atoms with Crippen molar-refractivity contribution in [1.29, 1.82) is 0 Å². The van der Waals surface area contributed by atoms with Gasteiger partial charge < -0.3 is 15.2 Å². The van der Waals surface area contributed by atoms with Crippen LogP contribution >= 0.6 is 0 Å². The molecule has 0 amide bonds. The van der Waals surface area contributed by atoms with Crippen LogP contribution in [-0.2, 0) is 9.53 Å². The van der Waals surface area contributed by atoms with Crippen molar-refractivity contribution >= 4 is 5.97 Å². The maximum atomic E-state index is 10.8. The summed E-state index contributed by atoms with van der Waals surface area (Å²) in [7, 11) is 1.82. The molecular weight excluding hydrogens is 158 g/mol. The fourth-order valence-electron chi connectivity index (χ4n) is 0.606. The summed E-state index contributed by atoms with van der Waals surface area (Å²) in [5.41, 5.74) is 0. The van der Waals surface area contributed by atoms with E-state index in [0.717, 1.165) is 13.0 Å². The van der Waals surface area contributed by atoms with Gasteiger partial charge in [-0.3, -0.25) is 0 Å².